The zero-order chi connectivity index (χ0) is 18.0. The third kappa shape index (κ3) is 4.18. The minimum absolute atomic E-state index is 0.237. The topological polar surface area (TPSA) is 33.2 Å². The van der Waals surface area contributed by atoms with E-state index >= 15 is 0 Å². The molecule has 2 aromatic rings. The molecule has 0 N–H and O–H groups in total. The number of carbonyl (C=O) groups is 1. The monoisotopic (exact) mass is 356 g/mol. The molecule has 0 saturated carbocycles. The lowest BCUT2D eigenvalue weighted by Gasteiger charge is -2.36. The molecule has 1 saturated heterocycles. The molecule has 0 unspecified atom stereocenters. The van der Waals surface area contributed by atoms with Gasteiger partial charge in [0.15, 0.2) is 0 Å². The molecular formula is C21H28N2OS. The lowest BCUT2D eigenvalue weighted by Crippen LogP contribution is -2.42. The van der Waals surface area contributed by atoms with Crippen LogP contribution in [0.5, 0.6) is 0 Å². The Morgan fingerprint density at radius 2 is 2.04 bits per heavy atom. The van der Waals surface area contributed by atoms with Crippen LogP contribution in [0.1, 0.15) is 50.7 Å². The summed E-state index contributed by atoms with van der Waals surface area (Å²) >= 11 is 1.69. The van der Waals surface area contributed by atoms with Gasteiger partial charge in [0, 0.05) is 29.1 Å². The summed E-state index contributed by atoms with van der Waals surface area (Å²) in [4.78, 5) is 18.6. The number of hydrogen-bond acceptors (Lipinski definition) is 4. The SMILES string of the molecule is CC(=O)C(C)(C)CN1CCC(c2ccc(-c3nccs3)c(C)c2)CC1. The molecule has 1 fully saturated rings. The van der Waals surface area contributed by atoms with Gasteiger partial charge in [0.1, 0.15) is 10.8 Å². The van der Waals surface area contributed by atoms with Crippen molar-refractivity contribution >= 4 is 17.1 Å². The van der Waals surface area contributed by atoms with Crippen molar-refractivity contribution in [1.29, 1.82) is 0 Å². The summed E-state index contributed by atoms with van der Waals surface area (Å²) in [5.41, 5.74) is 3.77. The van der Waals surface area contributed by atoms with Crippen molar-refractivity contribution in [1.82, 2.24) is 9.88 Å². The Hall–Kier alpha value is -1.52. The zero-order valence-corrected chi connectivity index (χ0v) is 16.5. The number of benzene rings is 1. The first-order valence-corrected chi connectivity index (χ1v) is 9.98. The van der Waals surface area contributed by atoms with Gasteiger partial charge in [0.25, 0.3) is 0 Å². The van der Waals surface area contributed by atoms with E-state index in [2.05, 4.69) is 48.9 Å². The average molecular weight is 357 g/mol. The number of rotatable bonds is 5. The fraction of sp³-hybridized carbons (Fsp3) is 0.524. The summed E-state index contributed by atoms with van der Waals surface area (Å²) in [5, 5.41) is 3.13. The number of carbonyl (C=O) groups excluding carboxylic acids is 1. The van der Waals surface area contributed by atoms with Crippen LogP contribution in [-0.2, 0) is 4.79 Å². The fourth-order valence-electron chi connectivity index (χ4n) is 3.63. The summed E-state index contributed by atoms with van der Waals surface area (Å²) < 4.78 is 0. The molecular weight excluding hydrogens is 328 g/mol. The van der Waals surface area contributed by atoms with Crippen molar-refractivity contribution in [3.63, 3.8) is 0 Å². The normalized spacial score (nSPS) is 17.0. The summed E-state index contributed by atoms with van der Waals surface area (Å²) in [6, 6.07) is 6.86. The molecule has 25 heavy (non-hydrogen) atoms. The van der Waals surface area contributed by atoms with E-state index in [-0.39, 0.29) is 11.2 Å². The Labute approximate surface area is 155 Å². The number of likely N-dealkylation sites (tertiary alicyclic amines) is 1. The number of hydrogen-bond donors (Lipinski definition) is 0. The van der Waals surface area contributed by atoms with E-state index in [4.69, 9.17) is 0 Å². The molecule has 0 aliphatic carbocycles. The van der Waals surface area contributed by atoms with Gasteiger partial charge in [-0.15, -0.1) is 11.3 Å². The highest BCUT2D eigenvalue weighted by molar-refractivity contribution is 7.13. The number of ketones is 1. The standard InChI is InChI=1S/C21H28N2OS/c1-15-13-18(5-6-19(15)20-22-9-12-25-20)17-7-10-23(11-8-17)14-21(3,4)16(2)24/h5-6,9,12-13,17H,7-8,10-11,14H2,1-4H3. The fourth-order valence-corrected chi connectivity index (χ4v) is 4.36. The molecule has 0 bridgehead atoms. The van der Waals surface area contributed by atoms with Crippen molar-refractivity contribution < 1.29 is 4.79 Å². The molecule has 3 rings (SSSR count). The largest absolute Gasteiger partial charge is 0.302 e. The first-order chi connectivity index (χ1) is 11.9. The first kappa shape index (κ1) is 18.3. The molecule has 4 heteroatoms. The number of piperidine rings is 1. The third-order valence-electron chi connectivity index (χ3n) is 5.54. The molecule has 0 atom stereocenters. The highest BCUT2D eigenvalue weighted by Gasteiger charge is 2.29. The van der Waals surface area contributed by atoms with Crippen LogP contribution < -0.4 is 0 Å². The molecule has 1 aliphatic heterocycles. The molecule has 0 amide bonds. The first-order valence-electron chi connectivity index (χ1n) is 9.10. The minimum atomic E-state index is -0.237. The Morgan fingerprint density at radius 3 is 2.60 bits per heavy atom. The van der Waals surface area contributed by atoms with Gasteiger partial charge >= 0.3 is 0 Å². The number of thiazole rings is 1. The van der Waals surface area contributed by atoms with Gasteiger partial charge in [-0.3, -0.25) is 4.79 Å². The van der Waals surface area contributed by atoms with Crippen molar-refractivity contribution in [3.05, 3.63) is 40.9 Å². The smallest absolute Gasteiger partial charge is 0.136 e. The van der Waals surface area contributed by atoms with Crippen molar-refractivity contribution in [3.8, 4) is 10.6 Å². The molecule has 1 aromatic heterocycles. The van der Waals surface area contributed by atoms with Gasteiger partial charge in [-0.05, 0) is 56.8 Å². The maximum Gasteiger partial charge on any atom is 0.136 e. The van der Waals surface area contributed by atoms with E-state index in [0.29, 0.717) is 5.92 Å². The van der Waals surface area contributed by atoms with Gasteiger partial charge in [-0.25, -0.2) is 4.98 Å². The number of aryl methyl sites for hydroxylation is 1. The quantitative estimate of drug-likeness (QED) is 0.763. The van der Waals surface area contributed by atoms with E-state index in [1.807, 2.05) is 11.6 Å². The lowest BCUT2D eigenvalue weighted by molar-refractivity contribution is -0.126. The van der Waals surface area contributed by atoms with Gasteiger partial charge in [-0.1, -0.05) is 32.0 Å². The van der Waals surface area contributed by atoms with Crippen LogP contribution in [0.2, 0.25) is 0 Å². The van der Waals surface area contributed by atoms with Crippen molar-refractivity contribution in [2.45, 2.75) is 46.5 Å². The minimum Gasteiger partial charge on any atom is -0.302 e. The second-order valence-electron chi connectivity index (χ2n) is 7.90. The van der Waals surface area contributed by atoms with Crippen LogP contribution in [0.4, 0.5) is 0 Å². The Kier molecular flexibility index (Phi) is 5.40. The Balaban J connectivity index is 1.63. The van der Waals surface area contributed by atoms with E-state index in [0.717, 1.165) is 24.6 Å². The van der Waals surface area contributed by atoms with E-state index in [1.165, 1.54) is 29.5 Å². The summed E-state index contributed by atoms with van der Waals surface area (Å²) in [6.07, 6.45) is 4.21. The van der Waals surface area contributed by atoms with E-state index in [9.17, 15) is 4.79 Å². The van der Waals surface area contributed by atoms with Crippen LogP contribution in [0, 0.1) is 12.3 Å². The molecule has 1 aromatic carbocycles. The second kappa shape index (κ2) is 7.38. The van der Waals surface area contributed by atoms with Crippen LogP contribution in [0.3, 0.4) is 0 Å². The van der Waals surface area contributed by atoms with Gasteiger partial charge in [0.2, 0.25) is 0 Å². The summed E-state index contributed by atoms with van der Waals surface area (Å²) in [6.45, 7) is 11.0. The van der Waals surface area contributed by atoms with Crippen LogP contribution in [0.15, 0.2) is 29.8 Å². The van der Waals surface area contributed by atoms with E-state index < -0.39 is 0 Å². The maximum absolute atomic E-state index is 11.8. The Morgan fingerprint density at radius 1 is 1.32 bits per heavy atom. The zero-order valence-electron chi connectivity index (χ0n) is 15.7. The van der Waals surface area contributed by atoms with Crippen LogP contribution in [0.25, 0.3) is 10.6 Å². The number of nitrogens with zero attached hydrogens (tertiary/aromatic N) is 2. The summed E-state index contributed by atoms with van der Waals surface area (Å²) in [7, 11) is 0. The predicted octanol–water partition coefficient (Wildman–Crippen LogP) is 4.91. The van der Waals surface area contributed by atoms with Crippen LogP contribution in [-0.4, -0.2) is 35.3 Å². The predicted molar refractivity (Wildman–Crippen MR) is 105 cm³/mol. The average Bonchev–Trinajstić information content (AvgIpc) is 3.09. The van der Waals surface area contributed by atoms with Crippen molar-refractivity contribution in [2.24, 2.45) is 5.41 Å². The van der Waals surface area contributed by atoms with Gasteiger partial charge in [0.05, 0.1) is 0 Å². The highest BCUT2D eigenvalue weighted by atomic mass is 32.1. The lowest BCUT2D eigenvalue weighted by atomic mass is 9.85. The maximum atomic E-state index is 11.8. The summed E-state index contributed by atoms with van der Waals surface area (Å²) in [5.74, 6) is 0.906. The highest BCUT2D eigenvalue weighted by Crippen LogP contribution is 2.33. The van der Waals surface area contributed by atoms with Crippen molar-refractivity contribution in [2.75, 3.05) is 19.6 Å². The van der Waals surface area contributed by atoms with Gasteiger partial charge in [-0.2, -0.15) is 0 Å². The molecule has 134 valence electrons. The molecule has 3 nitrogen and oxygen atoms in total. The molecule has 2 heterocycles. The number of aromatic nitrogens is 1. The van der Waals surface area contributed by atoms with E-state index in [1.54, 1.807) is 18.3 Å². The molecule has 0 radical (unpaired) electrons. The third-order valence-corrected chi connectivity index (χ3v) is 6.35. The second-order valence-corrected chi connectivity index (χ2v) is 8.80. The van der Waals surface area contributed by atoms with Crippen LogP contribution >= 0.6 is 11.3 Å². The number of Topliss-reactive ketones (excluding diaryl/α,β-unsaturated/α-hetero) is 1. The Bertz CT molecular complexity index is 728. The van der Waals surface area contributed by atoms with Gasteiger partial charge < -0.3 is 4.90 Å². The molecule has 1 aliphatic rings. The molecule has 0 spiro atoms.